The molecule has 10 heteroatoms. The molecule has 0 radical (unpaired) electrons. The lowest BCUT2D eigenvalue weighted by Crippen LogP contribution is -2.27. The molecule has 0 aliphatic carbocycles. The van der Waals surface area contributed by atoms with Crippen LogP contribution in [0.25, 0.3) is 0 Å². The Labute approximate surface area is 185 Å². The topological polar surface area (TPSA) is 58.2 Å². The number of hydrogen-bond donors (Lipinski definition) is 2. The van der Waals surface area contributed by atoms with E-state index in [1.165, 1.54) is 18.2 Å². The highest BCUT2D eigenvalue weighted by molar-refractivity contribution is 7.99. The van der Waals surface area contributed by atoms with E-state index in [2.05, 4.69) is 10.6 Å². The third-order valence-corrected chi connectivity index (χ3v) is 6.22. The molecular formula is C20H17Cl2F3N2O2S. The number of carbonyl (C=O) groups excluding carboxylic acids is 2. The molecule has 1 aliphatic heterocycles. The summed E-state index contributed by atoms with van der Waals surface area (Å²) in [4.78, 5) is 25.3. The van der Waals surface area contributed by atoms with Crippen LogP contribution in [0.1, 0.15) is 28.8 Å². The number of halogens is 5. The Morgan fingerprint density at radius 2 is 1.63 bits per heavy atom. The zero-order valence-electron chi connectivity index (χ0n) is 15.5. The first-order valence-electron chi connectivity index (χ1n) is 9.01. The Morgan fingerprint density at radius 1 is 0.967 bits per heavy atom. The van der Waals surface area contributed by atoms with Crippen LogP contribution in [-0.4, -0.2) is 23.3 Å². The van der Waals surface area contributed by atoms with Crippen molar-refractivity contribution >= 4 is 58.2 Å². The number of alkyl halides is 3. The van der Waals surface area contributed by atoms with Gasteiger partial charge in [0.05, 0.1) is 27.5 Å². The van der Waals surface area contributed by atoms with Gasteiger partial charge in [-0.3, -0.25) is 9.59 Å². The number of amides is 2. The molecule has 0 aromatic heterocycles. The van der Waals surface area contributed by atoms with Crippen LogP contribution in [0.15, 0.2) is 36.4 Å². The minimum absolute atomic E-state index is 0.0104. The molecular weight excluding hydrogens is 460 g/mol. The maximum Gasteiger partial charge on any atom is 0.416 e. The lowest BCUT2D eigenvalue weighted by Gasteiger charge is -2.21. The quantitative estimate of drug-likeness (QED) is 0.540. The van der Waals surface area contributed by atoms with E-state index in [-0.39, 0.29) is 38.8 Å². The highest BCUT2D eigenvalue weighted by Crippen LogP contribution is 2.34. The Balaban J connectivity index is 1.80. The van der Waals surface area contributed by atoms with Gasteiger partial charge in [0.2, 0.25) is 5.91 Å². The lowest BCUT2D eigenvalue weighted by molar-refractivity contribution is -0.137. The van der Waals surface area contributed by atoms with Gasteiger partial charge in [0, 0.05) is 10.9 Å². The van der Waals surface area contributed by atoms with Crippen LogP contribution in [0.3, 0.4) is 0 Å². The number of nitrogens with one attached hydrogen (secondary N) is 2. The predicted molar refractivity (Wildman–Crippen MR) is 115 cm³/mol. The summed E-state index contributed by atoms with van der Waals surface area (Å²) < 4.78 is 38.4. The molecule has 1 aliphatic rings. The van der Waals surface area contributed by atoms with Crippen molar-refractivity contribution in [3.8, 4) is 0 Å². The first-order chi connectivity index (χ1) is 14.1. The molecule has 0 atom stereocenters. The second-order valence-electron chi connectivity index (χ2n) is 6.71. The van der Waals surface area contributed by atoms with Gasteiger partial charge >= 0.3 is 6.18 Å². The molecule has 1 heterocycles. The molecule has 30 heavy (non-hydrogen) atoms. The fourth-order valence-electron chi connectivity index (χ4n) is 2.99. The van der Waals surface area contributed by atoms with Gasteiger partial charge in [0.25, 0.3) is 5.91 Å². The summed E-state index contributed by atoms with van der Waals surface area (Å²) in [6, 6.07) is 7.06. The fourth-order valence-corrected chi connectivity index (χ4v) is 4.50. The van der Waals surface area contributed by atoms with E-state index in [0.29, 0.717) is 0 Å². The Bertz CT molecular complexity index is 964. The molecule has 3 rings (SSSR count). The second-order valence-corrected chi connectivity index (χ2v) is 8.78. The number of anilines is 2. The minimum atomic E-state index is -4.55. The van der Waals surface area contributed by atoms with Gasteiger partial charge in [-0.25, -0.2) is 0 Å². The summed E-state index contributed by atoms with van der Waals surface area (Å²) in [7, 11) is 0. The zero-order chi connectivity index (χ0) is 21.9. The molecule has 2 amide bonds. The van der Waals surface area contributed by atoms with E-state index in [0.717, 1.165) is 42.5 Å². The summed E-state index contributed by atoms with van der Waals surface area (Å²) in [6.45, 7) is 0. The molecule has 2 aromatic carbocycles. The van der Waals surface area contributed by atoms with Crippen LogP contribution in [0.5, 0.6) is 0 Å². The Kier molecular flexibility index (Phi) is 7.21. The van der Waals surface area contributed by atoms with Crippen LogP contribution < -0.4 is 10.6 Å². The van der Waals surface area contributed by atoms with Crippen LogP contribution in [0, 0.1) is 5.92 Å². The summed E-state index contributed by atoms with van der Waals surface area (Å²) in [5.74, 6) is 0.826. The minimum Gasteiger partial charge on any atom is -0.325 e. The largest absolute Gasteiger partial charge is 0.416 e. The summed E-state index contributed by atoms with van der Waals surface area (Å²) >= 11 is 13.7. The molecule has 0 unspecified atom stereocenters. The molecule has 2 N–H and O–H groups in total. The summed E-state index contributed by atoms with van der Waals surface area (Å²) in [5.41, 5.74) is -0.566. The first-order valence-corrected chi connectivity index (χ1v) is 10.9. The van der Waals surface area contributed by atoms with Crippen molar-refractivity contribution in [2.75, 3.05) is 22.1 Å². The molecule has 1 saturated heterocycles. The first kappa shape index (κ1) is 22.8. The Hall–Kier alpha value is -1.90. The van der Waals surface area contributed by atoms with E-state index in [4.69, 9.17) is 23.2 Å². The molecule has 0 bridgehead atoms. The van der Waals surface area contributed by atoms with Gasteiger partial charge in [-0.1, -0.05) is 23.2 Å². The van der Waals surface area contributed by atoms with Gasteiger partial charge in [-0.05, 0) is 60.7 Å². The highest BCUT2D eigenvalue weighted by atomic mass is 35.5. The van der Waals surface area contributed by atoms with Crippen molar-refractivity contribution < 1.29 is 22.8 Å². The average Bonchev–Trinajstić information content (AvgIpc) is 2.70. The summed E-state index contributed by atoms with van der Waals surface area (Å²) in [6.07, 6.45) is -3.03. The van der Waals surface area contributed by atoms with Crippen molar-refractivity contribution in [1.29, 1.82) is 0 Å². The molecule has 0 spiro atoms. The van der Waals surface area contributed by atoms with E-state index in [9.17, 15) is 22.8 Å². The predicted octanol–water partition coefficient (Wildman–Crippen LogP) is 6.35. The summed E-state index contributed by atoms with van der Waals surface area (Å²) in [5, 5.41) is 5.25. The van der Waals surface area contributed by atoms with Gasteiger partial charge < -0.3 is 10.6 Å². The third-order valence-electron chi connectivity index (χ3n) is 4.62. The normalized spacial score (nSPS) is 15.0. The number of thioether (sulfide) groups is 1. The number of benzene rings is 2. The highest BCUT2D eigenvalue weighted by Gasteiger charge is 2.31. The molecule has 0 saturated carbocycles. The van der Waals surface area contributed by atoms with Crippen LogP contribution in [0.4, 0.5) is 24.5 Å². The molecule has 4 nitrogen and oxygen atoms in total. The number of carbonyl (C=O) groups is 2. The zero-order valence-corrected chi connectivity index (χ0v) is 17.8. The number of hydrogen-bond acceptors (Lipinski definition) is 3. The van der Waals surface area contributed by atoms with E-state index >= 15 is 0 Å². The Morgan fingerprint density at radius 3 is 2.27 bits per heavy atom. The standard InChI is InChI=1S/C20H17Cl2F3N2O2S/c21-13-2-4-16(26-18(28)11-5-7-30-8-6-11)14(10-13)19(29)27-17-3-1-12(9-15(17)22)20(23,24)25/h1-4,9-11H,5-8H2,(H,26,28)(H,27,29). The van der Waals surface area contributed by atoms with Crippen molar-refractivity contribution in [1.82, 2.24) is 0 Å². The van der Waals surface area contributed by atoms with Gasteiger partial charge in [0.15, 0.2) is 0 Å². The fraction of sp³-hybridized carbons (Fsp3) is 0.300. The van der Waals surface area contributed by atoms with Crippen molar-refractivity contribution in [3.05, 3.63) is 57.6 Å². The van der Waals surface area contributed by atoms with Gasteiger partial charge in [0.1, 0.15) is 0 Å². The van der Waals surface area contributed by atoms with Crippen molar-refractivity contribution in [2.45, 2.75) is 19.0 Å². The maximum absolute atomic E-state index is 12.8. The average molecular weight is 477 g/mol. The van der Waals surface area contributed by atoms with E-state index in [1.54, 1.807) is 11.8 Å². The molecule has 160 valence electrons. The van der Waals surface area contributed by atoms with E-state index in [1.807, 2.05) is 0 Å². The van der Waals surface area contributed by atoms with E-state index < -0.39 is 17.6 Å². The third kappa shape index (κ3) is 5.62. The molecule has 2 aromatic rings. The van der Waals surface area contributed by atoms with Crippen molar-refractivity contribution in [2.24, 2.45) is 5.92 Å². The maximum atomic E-state index is 12.8. The van der Waals surface area contributed by atoms with Gasteiger partial charge in [-0.2, -0.15) is 24.9 Å². The SMILES string of the molecule is O=C(Nc1ccc(C(F)(F)F)cc1Cl)c1cc(Cl)ccc1NC(=O)C1CCSCC1. The van der Waals surface area contributed by atoms with Crippen LogP contribution in [-0.2, 0) is 11.0 Å². The smallest absolute Gasteiger partial charge is 0.325 e. The number of rotatable bonds is 4. The lowest BCUT2D eigenvalue weighted by atomic mass is 10.0. The van der Waals surface area contributed by atoms with Crippen LogP contribution in [0.2, 0.25) is 10.0 Å². The second kappa shape index (κ2) is 9.49. The monoisotopic (exact) mass is 476 g/mol. The molecule has 1 fully saturated rings. The van der Waals surface area contributed by atoms with Crippen molar-refractivity contribution in [3.63, 3.8) is 0 Å². The van der Waals surface area contributed by atoms with Gasteiger partial charge in [-0.15, -0.1) is 0 Å². The van der Waals surface area contributed by atoms with Crippen LogP contribution >= 0.6 is 35.0 Å².